The van der Waals surface area contributed by atoms with Crippen LogP contribution in [0.4, 0.5) is 0 Å². The standard InChI is InChI=1S/C14H21BrN2.ClH/c1-11-3-4-13(14(15)7-11)10-17-6-5-12(9-17)8-16-2;/h3-4,7,12,16H,5-6,8-10H2,1-2H3;1H. The predicted octanol–water partition coefficient (Wildman–Crippen LogP) is 3.22. The summed E-state index contributed by atoms with van der Waals surface area (Å²) in [5, 5.41) is 3.28. The Hall–Kier alpha value is -0.0900. The van der Waals surface area contributed by atoms with Crippen LogP contribution in [0, 0.1) is 12.8 Å². The van der Waals surface area contributed by atoms with E-state index < -0.39 is 0 Å². The summed E-state index contributed by atoms with van der Waals surface area (Å²) in [4.78, 5) is 2.55. The zero-order valence-corrected chi connectivity index (χ0v) is 13.5. The van der Waals surface area contributed by atoms with Gasteiger partial charge in [-0.25, -0.2) is 0 Å². The summed E-state index contributed by atoms with van der Waals surface area (Å²) in [6.45, 7) is 6.80. The Morgan fingerprint density at radius 1 is 1.44 bits per heavy atom. The SMILES string of the molecule is CNCC1CCN(Cc2ccc(C)cc2Br)C1.Cl. The maximum atomic E-state index is 3.66. The number of halogens is 2. The van der Waals surface area contributed by atoms with Crippen molar-refractivity contribution in [3.8, 4) is 0 Å². The third-order valence-electron chi connectivity index (χ3n) is 3.47. The summed E-state index contributed by atoms with van der Waals surface area (Å²) in [5.41, 5.74) is 2.72. The second kappa shape index (κ2) is 7.49. The fraction of sp³-hybridized carbons (Fsp3) is 0.571. The van der Waals surface area contributed by atoms with E-state index in [9.17, 15) is 0 Å². The molecule has 102 valence electrons. The molecule has 1 N–H and O–H groups in total. The number of hydrogen-bond acceptors (Lipinski definition) is 2. The molecule has 1 aromatic carbocycles. The molecule has 1 heterocycles. The van der Waals surface area contributed by atoms with Gasteiger partial charge in [0.1, 0.15) is 0 Å². The number of nitrogens with one attached hydrogen (secondary N) is 1. The largest absolute Gasteiger partial charge is 0.319 e. The normalized spacial score (nSPS) is 19.8. The molecule has 2 rings (SSSR count). The number of likely N-dealkylation sites (tertiary alicyclic amines) is 1. The topological polar surface area (TPSA) is 15.3 Å². The van der Waals surface area contributed by atoms with E-state index in [4.69, 9.17) is 0 Å². The van der Waals surface area contributed by atoms with Crippen molar-refractivity contribution in [2.75, 3.05) is 26.7 Å². The van der Waals surface area contributed by atoms with Gasteiger partial charge in [0.15, 0.2) is 0 Å². The maximum absolute atomic E-state index is 3.66. The minimum absolute atomic E-state index is 0. The minimum atomic E-state index is 0. The van der Waals surface area contributed by atoms with E-state index in [0.717, 1.165) is 19.0 Å². The smallest absolute Gasteiger partial charge is 0.0245 e. The van der Waals surface area contributed by atoms with Crippen molar-refractivity contribution in [3.05, 3.63) is 33.8 Å². The van der Waals surface area contributed by atoms with Gasteiger partial charge in [0.2, 0.25) is 0 Å². The highest BCUT2D eigenvalue weighted by atomic mass is 79.9. The van der Waals surface area contributed by atoms with E-state index in [0.29, 0.717) is 0 Å². The molecular weight excluding hydrogens is 312 g/mol. The molecule has 18 heavy (non-hydrogen) atoms. The predicted molar refractivity (Wildman–Crippen MR) is 83.4 cm³/mol. The Kier molecular flexibility index (Phi) is 6.64. The van der Waals surface area contributed by atoms with E-state index in [1.165, 1.54) is 35.1 Å². The van der Waals surface area contributed by atoms with Gasteiger partial charge >= 0.3 is 0 Å². The zero-order valence-electron chi connectivity index (χ0n) is 11.1. The quantitative estimate of drug-likeness (QED) is 0.910. The van der Waals surface area contributed by atoms with Crippen LogP contribution in [0.25, 0.3) is 0 Å². The van der Waals surface area contributed by atoms with Gasteiger partial charge < -0.3 is 5.32 Å². The molecule has 0 aliphatic carbocycles. The number of aryl methyl sites for hydroxylation is 1. The molecule has 1 fully saturated rings. The van der Waals surface area contributed by atoms with Crippen LogP contribution in [0.15, 0.2) is 22.7 Å². The molecule has 1 aliphatic heterocycles. The Morgan fingerprint density at radius 2 is 2.22 bits per heavy atom. The van der Waals surface area contributed by atoms with E-state index in [1.54, 1.807) is 0 Å². The minimum Gasteiger partial charge on any atom is -0.319 e. The number of rotatable bonds is 4. The summed E-state index contributed by atoms with van der Waals surface area (Å²) in [6, 6.07) is 6.64. The van der Waals surface area contributed by atoms with Crippen molar-refractivity contribution in [1.82, 2.24) is 10.2 Å². The third kappa shape index (κ3) is 4.23. The van der Waals surface area contributed by atoms with Crippen molar-refractivity contribution in [2.45, 2.75) is 19.9 Å². The van der Waals surface area contributed by atoms with Crippen LogP contribution < -0.4 is 5.32 Å². The lowest BCUT2D eigenvalue weighted by molar-refractivity contribution is 0.315. The Bertz CT molecular complexity index is 384. The first-order chi connectivity index (χ1) is 8.19. The lowest BCUT2D eigenvalue weighted by atomic mass is 10.1. The second-order valence-electron chi connectivity index (χ2n) is 5.04. The zero-order chi connectivity index (χ0) is 12.3. The molecule has 1 unspecified atom stereocenters. The molecule has 0 spiro atoms. The molecule has 1 saturated heterocycles. The van der Waals surface area contributed by atoms with Crippen LogP contribution in [-0.4, -0.2) is 31.6 Å². The molecule has 4 heteroatoms. The number of hydrogen-bond donors (Lipinski definition) is 1. The van der Waals surface area contributed by atoms with Gasteiger partial charge in [-0.15, -0.1) is 12.4 Å². The molecule has 0 aromatic heterocycles. The van der Waals surface area contributed by atoms with Crippen LogP contribution in [0.2, 0.25) is 0 Å². The fourth-order valence-corrected chi connectivity index (χ4v) is 3.15. The van der Waals surface area contributed by atoms with Crippen LogP contribution in [0.1, 0.15) is 17.5 Å². The number of nitrogens with zero attached hydrogens (tertiary/aromatic N) is 1. The molecule has 0 amide bonds. The van der Waals surface area contributed by atoms with Crippen LogP contribution in [-0.2, 0) is 6.54 Å². The maximum Gasteiger partial charge on any atom is 0.0245 e. The Morgan fingerprint density at radius 3 is 2.89 bits per heavy atom. The molecule has 0 saturated carbocycles. The molecule has 2 nitrogen and oxygen atoms in total. The van der Waals surface area contributed by atoms with Crippen molar-refractivity contribution in [3.63, 3.8) is 0 Å². The first kappa shape index (κ1) is 16.0. The lowest BCUT2D eigenvalue weighted by Crippen LogP contribution is -2.24. The van der Waals surface area contributed by atoms with Gasteiger partial charge in [0.05, 0.1) is 0 Å². The fourth-order valence-electron chi connectivity index (χ4n) is 2.53. The number of benzene rings is 1. The molecule has 1 aromatic rings. The highest BCUT2D eigenvalue weighted by molar-refractivity contribution is 9.10. The Balaban J connectivity index is 0.00000162. The summed E-state index contributed by atoms with van der Waals surface area (Å²) in [7, 11) is 2.04. The monoisotopic (exact) mass is 332 g/mol. The van der Waals surface area contributed by atoms with E-state index in [2.05, 4.69) is 51.3 Å². The van der Waals surface area contributed by atoms with Crippen molar-refractivity contribution >= 4 is 28.3 Å². The van der Waals surface area contributed by atoms with Crippen LogP contribution in [0.5, 0.6) is 0 Å². The first-order valence-electron chi connectivity index (χ1n) is 6.31. The van der Waals surface area contributed by atoms with Gasteiger partial charge in [0.25, 0.3) is 0 Å². The third-order valence-corrected chi connectivity index (χ3v) is 4.20. The van der Waals surface area contributed by atoms with Crippen LogP contribution in [0.3, 0.4) is 0 Å². The first-order valence-corrected chi connectivity index (χ1v) is 7.10. The van der Waals surface area contributed by atoms with E-state index >= 15 is 0 Å². The van der Waals surface area contributed by atoms with Crippen LogP contribution >= 0.6 is 28.3 Å². The molecule has 0 bridgehead atoms. The van der Waals surface area contributed by atoms with E-state index in [-0.39, 0.29) is 12.4 Å². The highest BCUT2D eigenvalue weighted by Crippen LogP contribution is 2.23. The van der Waals surface area contributed by atoms with Gasteiger partial charge in [-0.1, -0.05) is 28.1 Å². The second-order valence-corrected chi connectivity index (χ2v) is 5.90. The van der Waals surface area contributed by atoms with Crippen molar-refractivity contribution in [1.29, 1.82) is 0 Å². The van der Waals surface area contributed by atoms with Crippen molar-refractivity contribution < 1.29 is 0 Å². The molecular formula is C14H22BrClN2. The molecule has 0 radical (unpaired) electrons. The summed E-state index contributed by atoms with van der Waals surface area (Å²) >= 11 is 3.66. The average molecular weight is 334 g/mol. The average Bonchev–Trinajstić information content (AvgIpc) is 2.71. The summed E-state index contributed by atoms with van der Waals surface area (Å²) in [5.74, 6) is 0.823. The Labute approximate surface area is 125 Å². The highest BCUT2D eigenvalue weighted by Gasteiger charge is 2.22. The van der Waals surface area contributed by atoms with Gasteiger partial charge in [-0.3, -0.25) is 4.90 Å². The van der Waals surface area contributed by atoms with Gasteiger partial charge in [0, 0.05) is 17.6 Å². The molecule has 1 aliphatic rings. The van der Waals surface area contributed by atoms with Gasteiger partial charge in [-0.2, -0.15) is 0 Å². The van der Waals surface area contributed by atoms with Crippen molar-refractivity contribution in [2.24, 2.45) is 5.92 Å². The molecule has 1 atom stereocenters. The summed E-state index contributed by atoms with van der Waals surface area (Å²) in [6.07, 6.45) is 1.32. The van der Waals surface area contributed by atoms with Gasteiger partial charge in [-0.05, 0) is 56.6 Å². The summed E-state index contributed by atoms with van der Waals surface area (Å²) < 4.78 is 1.24. The lowest BCUT2D eigenvalue weighted by Gasteiger charge is -2.17. The van der Waals surface area contributed by atoms with E-state index in [1.807, 2.05) is 7.05 Å².